The number of rotatable bonds is 9. The van der Waals surface area contributed by atoms with Crippen LogP contribution in [0.4, 0.5) is 0 Å². The van der Waals surface area contributed by atoms with Gasteiger partial charge < -0.3 is 4.79 Å². The minimum Gasteiger partial charge on any atom is -0.300 e. The van der Waals surface area contributed by atoms with Crippen LogP contribution in [0, 0.1) is 0 Å². The molecule has 1 nitrogen and oxygen atoms in total. The molecule has 0 aromatic rings. The number of carbonyl (C=O) groups is 1. The summed E-state index contributed by atoms with van der Waals surface area (Å²) in [6.07, 6.45) is 11.8. The van der Waals surface area contributed by atoms with Gasteiger partial charge in [0.2, 0.25) is 0 Å². The highest BCUT2D eigenvalue weighted by molar-refractivity contribution is 14.1. The summed E-state index contributed by atoms with van der Waals surface area (Å²) < 4.78 is 2.09. The van der Waals surface area contributed by atoms with E-state index in [2.05, 4.69) is 32.7 Å². The van der Waals surface area contributed by atoms with Gasteiger partial charge in [0.15, 0.2) is 0 Å². The lowest BCUT2D eigenvalue weighted by molar-refractivity contribution is -0.117. The number of unbranched alkanes of at least 4 members (excludes halogenated alkanes) is 6. The van der Waals surface area contributed by atoms with Gasteiger partial charge in [-0.1, -0.05) is 54.4 Å². The van der Waals surface area contributed by atoms with Gasteiger partial charge in [-0.15, -0.1) is 0 Å². The lowest BCUT2D eigenvalue weighted by Gasteiger charge is -1.99. The standard InChI is InChI=1S/C12H21IO/c1-12(14)10-8-6-4-2-3-5-7-9-11-13/h9,11H,2-8,10H2,1H3/b11-9-. The summed E-state index contributed by atoms with van der Waals surface area (Å²) in [4.78, 5) is 10.6. The van der Waals surface area contributed by atoms with E-state index in [0.29, 0.717) is 5.78 Å². The molecule has 0 rings (SSSR count). The third-order valence-electron chi connectivity index (χ3n) is 2.24. The number of halogens is 1. The smallest absolute Gasteiger partial charge is 0.129 e. The molecule has 2 heteroatoms. The van der Waals surface area contributed by atoms with Crippen molar-refractivity contribution in [3.05, 3.63) is 10.2 Å². The molecule has 0 aliphatic heterocycles. The van der Waals surface area contributed by atoms with Crippen molar-refractivity contribution in [1.29, 1.82) is 0 Å². The third kappa shape index (κ3) is 12.1. The minimum atomic E-state index is 0.331. The van der Waals surface area contributed by atoms with E-state index in [-0.39, 0.29) is 0 Å². The number of Topliss-reactive ketones (excluding diaryl/α,β-unsaturated/α-hetero) is 1. The highest BCUT2D eigenvalue weighted by atomic mass is 127. The summed E-state index contributed by atoms with van der Waals surface area (Å²) in [5, 5.41) is 0. The van der Waals surface area contributed by atoms with Gasteiger partial charge in [-0.2, -0.15) is 0 Å². The minimum absolute atomic E-state index is 0.331. The fraction of sp³-hybridized carbons (Fsp3) is 0.750. The molecule has 0 saturated heterocycles. The zero-order chi connectivity index (χ0) is 10.6. The molecule has 0 aromatic heterocycles. The lowest BCUT2D eigenvalue weighted by Crippen LogP contribution is -1.89. The second-order valence-electron chi connectivity index (χ2n) is 3.72. The van der Waals surface area contributed by atoms with Gasteiger partial charge in [-0.25, -0.2) is 0 Å². The Morgan fingerprint density at radius 1 is 1.07 bits per heavy atom. The Hall–Kier alpha value is 0.140. The number of ketones is 1. The van der Waals surface area contributed by atoms with Crippen LogP contribution in [-0.4, -0.2) is 5.78 Å². The zero-order valence-corrected chi connectivity index (χ0v) is 11.3. The van der Waals surface area contributed by atoms with E-state index < -0.39 is 0 Å². The summed E-state index contributed by atoms with van der Waals surface area (Å²) in [6, 6.07) is 0. The molecule has 0 saturated carbocycles. The molecule has 0 spiro atoms. The van der Waals surface area contributed by atoms with Crippen LogP contribution in [0.15, 0.2) is 10.2 Å². The molecule has 0 radical (unpaired) electrons. The average Bonchev–Trinajstić information content (AvgIpc) is 2.15. The maximum atomic E-state index is 10.6. The van der Waals surface area contributed by atoms with Gasteiger partial charge >= 0.3 is 0 Å². The lowest BCUT2D eigenvalue weighted by atomic mass is 10.1. The van der Waals surface area contributed by atoms with Crippen molar-refractivity contribution in [3.63, 3.8) is 0 Å². The molecular weight excluding hydrogens is 287 g/mol. The number of hydrogen-bond acceptors (Lipinski definition) is 1. The highest BCUT2D eigenvalue weighted by Crippen LogP contribution is 2.09. The van der Waals surface area contributed by atoms with Crippen molar-refractivity contribution in [3.8, 4) is 0 Å². The van der Waals surface area contributed by atoms with E-state index in [0.717, 1.165) is 12.8 Å². The summed E-state index contributed by atoms with van der Waals surface area (Å²) in [5.41, 5.74) is 0. The van der Waals surface area contributed by atoms with Crippen molar-refractivity contribution in [2.75, 3.05) is 0 Å². The van der Waals surface area contributed by atoms with Crippen LogP contribution < -0.4 is 0 Å². The number of allylic oxidation sites excluding steroid dienone is 1. The SMILES string of the molecule is CC(=O)CCCCCCCC/C=C\I. The molecule has 0 bridgehead atoms. The Morgan fingerprint density at radius 3 is 2.21 bits per heavy atom. The molecule has 0 atom stereocenters. The summed E-state index contributed by atoms with van der Waals surface area (Å²) in [6.45, 7) is 1.68. The fourth-order valence-corrected chi connectivity index (χ4v) is 1.77. The quantitative estimate of drug-likeness (QED) is 0.448. The van der Waals surface area contributed by atoms with Crippen molar-refractivity contribution in [2.24, 2.45) is 0 Å². The summed E-state index contributed by atoms with van der Waals surface area (Å²) in [7, 11) is 0. The van der Waals surface area contributed by atoms with E-state index >= 15 is 0 Å². The first-order valence-corrected chi connectivity index (χ1v) is 6.76. The molecule has 0 N–H and O–H groups in total. The van der Waals surface area contributed by atoms with Crippen LogP contribution in [0.3, 0.4) is 0 Å². The van der Waals surface area contributed by atoms with Gasteiger partial charge in [0.1, 0.15) is 5.78 Å². The fourth-order valence-electron chi connectivity index (χ4n) is 1.41. The van der Waals surface area contributed by atoms with Crippen LogP contribution >= 0.6 is 22.6 Å². The summed E-state index contributed by atoms with van der Waals surface area (Å²) in [5.74, 6) is 0.331. The second-order valence-corrected chi connectivity index (χ2v) is 4.44. The van der Waals surface area contributed by atoms with E-state index in [9.17, 15) is 4.79 Å². The largest absolute Gasteiger partial charge is 0.300 e. The van der Waals surface area contributed by atoms with Crippen molar-refractivity contribution in [2.45, 2.75) is 58.3 Å². The predicted octanol–water partition coefficient (Wildman–Crippen LogP) is 4.64. The van der Waals surface area contributed by atoms with Gasteiger partial charge in [-0.05, 0) is 30.3 Å². The second kappa shape index (κ2) is 11.2. The number of hydrogen-bond donors (Lipinski definition) is 0. The molecule has 82 valence electrons. The average molecular weight is 308 g/mol. The van der Waals surface area contributed by atoms with Crippen molar-refractivity contribution in [1.82, 2.24) is 0 Å². The van der Waals surface area contributed by atoms with Crippen LogP contribution in [0.2, 0.25) is 0 Å². The van der Waals surface area contributed by atoms with Gasteiger partial charge in [-0.3, -0.25) is 0 Å². The zero-order valence-electron chi connectivity index (χ0n) is 9.10. The topological polar surface area (TPSA) is 17.1 Å². The highest BCUT2D eigenvalue weighted by Gasteiger charge is 1.93. The van der Waals surface area contributed by atoms with Crippen LogP contribution in [-0.2, 0) is 4.79 Å². The first-order chi connectivity index (χ1) is 6.77. The predicted molar refractivity (Wildman–Crippen MR) is 70.8 cm³/mol. The Kier molecular flexibility index (Phi) is 11.3. The van der Waals surface area contributed by atoms with Gasteiger partial charge in [0.05, 0.1) is 0 Å². The molecular formula is C12H21IO. The van der Waals surface area contributed by atoms with Crippen molar-refractivity contribution >= 4 is 28.4 Å². The first-order valence-electron chi connectivity index (χ1n) is 5.52. The molecule has 0 aliphatic carbocycles. The normalized spacial score (nSPS) is 11.0. The molecule has 0 heterocycles. The Labute approximate surface area is 101 Å². The van der Waals surface area contributed by atoms with Crippen LogP contribution in [0.5, 0.6) is 0 Å². The van der Waals surface area contributed by atoms with E-state index in [1.54, 1.807) is 6.92 Å². The number of carbonyl (C=O) groups excluding carboxylic acids is 1. The maximum absolute atomic E-state index is 10.6. The molecule has 0 aromatic carbocycles. The van der Waals surface area contributed by atoms with Gasteiger partial charge in [0, 0.05) is 6.42 Å². The monoisotopic (exact) mass is 308 g/mol. The molecule has 0 fully saturated rings. The maximum Gasteiger partial charge on any atom is 0.129 e. The molecule has 0 unspecified atom stereocenters. The molecule has 0 amide bonds. The van der Waals surface area contributed by atoms with Gasteiger partial charge in [0.25, 0.3) is 0 Å². The van der Waals surface area contributed by atoms with E-state index in [1.165, 1.54) is 38.5 Å². The van der Waals surface area contributed by atoms with Crippen LogP contribution in [0.25, 0.3) is 0 Å². The van der Waals surface area contributed by atoms with Crippen molar-refractivity contribution < 1.29 is 4.79 Å². The van der Waals surface area contributed by atoms with E-state index in [4.69, 9.17) is 0 Å². The molecule has 0 aliphatic rings. The van der Waals surface area contributed by atoms with E-state index in [1.807, 2.05) is 0 Å². The Bertz CT molecular complexity index is 164. The Morgan fingerprint density at radius 2 is 1.64 bits per heavy atom. The first kappa shape index (κ1) is 14.1. The third-order valence-corrected chi connectivity index (χ3v) is 2.75. The van der Waals surface area contributed by atoms with Crippen LogP contribution in [0.1, 0.15) is 58.3 Å². The Balaban J connectivity index is 2.95. The summed E-state index contributed by atoms with van der Waals surface area (Å²) >= 11 is 2.26. The molecule has 14 heavy (non-hydrogen) atoms.